The van der Waals surface area contributed by atoms with Gasteiger partial charge in [-0.3, -0.25) is 9.89 Å². The van der Waals surface area contributed by atoms with Crippen molar-refractivity contribution in [2.75, 3.05) is 52.3 Å². The normalized spacial score (nSPS) is 16.3. The van der Waals surface area contributed by atoms with E-state index in [1.807, 2.05) is 18.8 Å². The highest BCUT2D eigenvalue weighted by Crippen LogP contribution is 2.25. The Labute approximate surface area is 186 Å². The minimum atomic E-state index is 0. The fraction of sp³-hybridized carbons (Fsp3) is 0.650. The molecule has 1 aliphatic heterocycles. The Bertz CT molecular complexity index is 535. The van der Waals surface area contributed by atoms with Crippen LogP contribution in [0.25, 0.3) is 0 Å². The van der Waals surface area contributed by atoms with Crippen molar-refractivity contribution in [2.45, 2.75) is 31.7 Å². The number of nitrogens with zero attached hydrogens (tertiary/aromatic N) is 2. The first kappa shape index (κ1) is 24.4. The Hall–Kier alpha value is -0.670. The summed E-state index contributed by atoms with van der Waals surface area (Å²) in [4.78, 5) is 6.97. The molecule has 0 aliphatic carbocycles. The number of thioether (sulfide) groups is 1. The number of likely N-dealkylation sites (tertiary alicyclic amines) is 1. The van der Waals surface area contributed by atoms with Crippen LogP contribution in [0.3, 0.4) is 0 Å². The molecule has 0 aromatic heterocycles. The number of nitrogens with one attached hydrogen (secondary N) is 2. The minimum absolute atomic E-state index is 0. The van der Waals surface area contributed by atoms with Crippen LogP contribution < -0.4 is 15.4 Å². The van der Waals surface area contributed by atoms with Crippen molar-refractivity contribution in [3.05, 3.63) is 29.8 Å². The van der Waals surface area contributed by atoms with E-state index < -0.39 is 0 Å². The van der Waals surface area contributed by atoms with Crippen molar-refractivity contribution < 1.29 is 4.74 Å². The van der Waals surface area contributed by atoms with Gasteiger partial charge < -0.3 is 15.4 Å². The van der Waals surface area contributed by atoms with Gasteiger partial charge in [0.15, 0.2) is 5.96 Å². The summed E-state index contributed by atoms with van der Waals surface area (Å²) < 4.78 is 5.31. The molecule has 154 valence electrons. The van der Waals surface area contributed by atoms with E-state index in [4.69, 9.17) is 4.74 Å². The van der Waals surface area contributed by atoms with E-state index in [1.165, 1.54) is 30.6 Å². The second-order valence-electron chi connectivity index (χ2n) is 6.61. The zero-order valence-electron chi connectivity index (χ0n) is 16.9. The fourth-order valence-corrected chi connectivity index (χ4v) is 3.78. The van der Waals surface area contributed by atoms with Crippen molar-refractivity contribution >= 4 is 41.7 Å². The Morgan fingerprint density at radius 2 is 1.89 bits per heavy atom. The second-order valence-corrected chi connectivity index (χ2v) is 7.60. The van der Waals surface area contributed by atoms with Crippen molar-refractivity contribution in [1.82, 2.24) is 15.5 Å². The van der Waals surface area contributed by atoms with Crippen LogP contribution in [-0.4, -0.2) is 63.2 Å². The molecule has 2 rings (SSSR count). The first-order chi connectivity index (χ1) is 12.8. The van der Waals surface area contributed by atoms with Crippen LogP contribution >= 0.6 is 35.7 Å². The molecule has 0 saturated carbocycles. The molecule has 1 heterocycles. The van der Waals surface area contributed by atoms with Crippen LogP contribution in [-0.2, 0) is 0 Å². The highest BCUT2D eigenvalue weighted by molar-refractivity contribution is 14.0. The Balaban J connectivity index is 0.00000364. The summed E-state index contributed by atoms with van der Waals surface area (Å²) in [5, 5.41) is 6.95. The van der Waals surface area contributed by atoms with Crippen LogP contribution in [0, 0.1) is 0 Å². The number of halogens is 1. The van der Waals surface area contributed by atoms with Gasteiger partial charge in [-0.25, -0.2) is 0 Å². The molecule has 1 aliphatic rings. The topological polar surface area (TPSA) is 48.9 Å². The molecule has 0 amide bonds. The van der Waals surface area contributed by atoms with Crippen LogP contribution in [0.4, 0.5) is 0 Å². The molecule has 7 heteroatoms. The van der Waals surface area contributed by atoms with Gasteiger partial charge in [0.2, 0.25) is 0 Å². The summed E-state index contributed by atoms with van der Waals surface area (Å²) >= 11 is 1.88. The highest BCUT2D eigenvalue weighted by Gasteiger charge is 2.22. The number of guanidine groups is 1. The van der Waals surface area contributed by atoms with Gasteiger partial charge in [0, 0.05) is 20.1 Å². The number of rotatable bonds is 9. The third-order valence-corrected chi connectivity index (χ3v) is 5.53. The van der Waals surface area contributed by atoms with E-state index in [0.29, 0.717) is 6.04 Å². The summed E-state index contributed by atoms with van der Waals surface area (Å²) in [6, 6.07) is 8.85. The standard InChI is InChI=1S/C20H34N4OS.HI/c1-21-20(22-12-7-15-26-3)23-16-19(24-13-5-4-6-14-24)17-8-10-18(25-2)11-9-17;/h8-11,19H,4-7,12-16H2,1-3H3,(H2,21,22,23);1H. The molecule has 27 heavy (non-hydrogen) atoms. The summed E-state index contributed by atoms with van der Waals surface area (Å²) in [6.07, 6.45) is 7.21. The van der Waals surface area contributed by atoms with E-state index >= 15 is 0 Å². The van der Waals surface area contributed by atoms with Crippen LogP contribution in [0.2, 0.25) is 0 Å². The molecule has 2 N–H and O–H groups in total. The first-order valence-electron chi connectivity index (χ1n) is 9.60. The maximum absolute atomic E-state index is 5.31. The summed E-state index contributed by atoms with van der Waals surface area (Å²) in [6.45, 7) is 4.14. The average molecular weight is 506 g/mol. The molecule has 1 aromatic carbocycles. The van der Waals surface area contributed by atoms with E-state index in [1.54, 1.807) is 7.11 Å². The predicted molar refractivity (Wildman–Crippen MR) is 129 cm³/mol. The van der Waals surface area contributed by atoms with Crippen molar-refractivity contribution in [2.24, 2.45) is 4.99 Å². The monoisotopic (exact) mass is 506 g/mol. The summed E-state index contributed by atoms with van der Waals surface area (Å²) in [5.74, 6) is 2.97. The number of ether oxygens (including phenoxy) is 1. The summed E-state index contributed by atoms with van der Waals surface area (Å²) in [5.41, 5.74) is 1.33. The maximum Gasteiger partial charge on any atom is 0.191 e. The molecule has 0 bridgehead atoms. The number of hydrogen-bond donors (Lipinski definition) is 2. The van der Waals surface area contributed by atoms with Gasteiger partial charge in [-0.15, -0.1) is 24.0 Å². The maximum atomic E-state index is 5.31. The zero-order valence-corrected chi connectivity index (χ0v) is 20.0. The smallest absolute Gasteiger partial charge is 0.191 e. The Kier molecular flexibility index (Phi) is 12.9. The molecule has 1 unspecified atom stereocenters. The average Bonchev–Trinajstić information content (AvgIpc) is 2.71. The van der Waals surface area contributed by atoms with E-state index in [2.05, 4.69) is 51.0 Å². The summed E-state index contributed by atoms with van der Waals surface area (Å²) in [7, 11) is 3.55. The molecule has 0 radical (unpaired) electrons. The predicted octanol–water partition coefficient (Wildman–Crippen LogP) is 3.76. The highest BCUT2D eigenvalue weighted by atomic mass is 127. The van der Waals surface area contributed by atoms with Gasteiger partial charge in [0.25, 0.3) is 0 Å². The molecule has 0 spiro atoms. The molecule has 1 atom stereocenters. The van der Waals surface area contributed by atoms with Crippen molar-refractivity contribution in [3.63, 3.8) is 0 Å². The molecule has 1 saturated heterocycles. The minimum Gasteiger partial charge on any atom is -0.497 e. The number of piperidine rings is 1. The van der Waals surface area contributed by atoms with Gasteiger partial charge >= 0.3 is 0 Å². The van der Waals surface area contributed by atoms with Gasteiger partial charge in [0.05, 0.1) is 13.2 Å². The molecular formula is C20H35IN4OS. The van der Waals surface area contributed by atoms with E-state index in [-0.39, 0.29) is 24.0 Å². The third kappa shape index (κ3) is 8.48. The third-order valence-electron chi connectivity index (χ3n) is 4.84. The van der Waals surface area contributed by atoms with Crippen LogP contribution in [0.1, 0.15) is 37.3 Å². The lowest BCUT2D eigenvalue weighted by atomic mass is 10.0. The molecule has 1 fully saturated rings. The lowest BCUT2D eigenvalue weighted by Gasteiger charge is -2.35. The largest absolute Gasteiger partial charge is 0.497 e. The van der Waals surface area contributed by atoms with Crippen molar-refractivity contribution in [3.8, 4) is 5.75 Å². The lowest BCUT2D eigenvalue weighted by molar-refractivity contribution is 0.164. The van der Waals surface area contributed by atoms with Crippen LogP contribution in [0.15, 0.2) is 29.3 Å². The van der Waals surface area contributed by atoms with E-state index in [0.717, 1.165) is 44.3 Å². The number of aliphatic imine (C=N–C) groups is 1. The second kappa shape index (κ2) is 14.3. The van der Waals surface area contributed by atoms with Crippen molar-refractivity contribution in [1.29, 1.82) is 0 Å². The number of hydrogen-bond acceptors (Lipinski definition) is 4. The number of benzene rings is 1. The fourth-order valence-electron chi connectivity index (χ4n) is 3.35. The quantitative estimate of drug-likeness (QED) is 0.231. The van der Waals surface area contributed by atoms with Gasteiger partial charge in [0.1, 0.15) is 5.75 Å². The first-order valence-corrected chi connectivity index (χ1v) is 11.0. The zero-order chi connectivity index (χ0) is 18.6. The Morgan fingerprint density at radius 1 is 1.19 bits per heavy atom. The Morgan fingerprint density at radius 3 is 2.48 bits per heavy atom. The molecule has 1 aromatic rings. The van der Waals surface area contributed by atoms with Crippen LogP contribution in [0.5, 0.6) is 5.75 Å². The SMILES string of the molecule is CN=C(NCCCSC)NCC(c1ccc(OC)cc1)N1CCCCC1.I. The lowest BCUT2D eigenvalue weighted by Crippen LogP contribution is -2.44. The van der Waals surface area contributed by atoms with E-state index in [9.17, 15) is 0 Å². The van der Waals surface area contributed by atoms with Gasteiger partial charge in [-0.2, -0.15) is 11.8 Å². The number of methoxy groups -OCH3 is 1. The molecule has 5 nitrogen and oxygen atoms in total. The van der Waals surface area contributed by atoms with Gasteiger partial charge in [-0.1, -0.05) is 18.6 Å². The molecular weight excluding hydrogens is 471 g/mol. The van der Waals surface area contributed by atoms with Gasteiger partial charge in [-0.05, 0) is 62.1 Å².